The van der Waals surface area contributed by atoms with E-state index < -0.39 is 0 Å². The fraction of sp³-hybridized carbons (Fsp3) is 0.0588. The van der Waals surface area contributed by atoms with Crippen LogP contribution in [0.1, 0.15) is 20.3 Å². The van der Waals surface area contributed by atoms with Gasteiger partial charge in [0, 0.05) is 4.88 Å². The first-order valence-corrected chi connectivity index (χ1v) is 8.29. The molecule has 7 heteroatoms. The minimum absolute atomic E-state index is 0.170. The van der Waals surface area contributed by atoms with Crippen molar-refractivity contribution in [2.24, 2.45) is 0 Å². The molecule has 0 unspecified atom stereocenters. The zero-order chi connectivity index (χ0) is 16.9. The predicted octanol–water partition coefficient (Wildman–Crippen LogP) is 4.55. The quantitative estimate of drug-likeness (QED) is 0.656. The van der Waals surface area contributed by atoms with Gasteiger partial charge in [0.2, 0.25) is 5.78 Å². The summed E-state index contributed by atoms with van der Waals surface area (Å²) in [6.45, 7) is 0.312. The van der Waals surface area contributed by atoms with Gasteiger partial charge in [0.05, 0.1) is 28.4 Å². The molecule has 0 aliphatic rings. The maximum Gasteiger partial charge on any atom is 0.319 e. The number of thiophene rings is 1. The second-order valence-corrected chi connectivity index (χ2v) is 6.44. The van der Waals surface area contributed by atoms with Gasteiger partial charge < -0.3 is 15.1 Å². The van der Waals surface area contributed by atoms with Crippen LogP contribution in [0.4, 0.5) is 10.5 Å². The SMILES string of the molecule is O=C(NCc1ccc(C(=O)c2ccco2)s1)Nc1ccccc1Cl. The Balaban J connectivity index is 1.56. The van der Waals surface area contributed by atoms with E-state index in [-0.39, 0.29) is 11.8 Å². The van der Waals surface area contributed by atoms with Crippen LogP contribution in [-0.2, 0) is 6.54 Å². The fourth-order valence-electron chi connectivity index (χ4n) is 2.02. The van der Waals surface area contributed by atoms with E-state index in [2.05, 4.69) is 10.6 Å². The Morgan fingerprint density at radius 1 is 1.08 bits per heavy atom. The van der Waals surface area contributed by atoms with Gasteiger partial charge in [-0.3, -0.25) is 4.79 Å². The lowest BCUT2D eigenvalue weighted by atomic mass is 10.2. The van der Waals surface area contributed by atoms with Crippen molar-refractivity contribution < 1.29 is 14.0 Å². The number of benzene rings is 1. The lowest BCUT2D eigenvalue weighted by molar-refractivity contribution is 0.101. The molecule has 122 valence electrons. The first-order chi connectivity index (χ1) is 11.6. The molecule has 0 aliphatic heterocycles. The van der Waals surface area contributed by atoms with Crippen LogP contribution in [0.3, 0.4) is 0 Å². The number of urea groups is 1. The standard InChI is InChI=1S/C17H13ClN2O3S/c18-12-4-1-2-5-13(12)20-17(22)19-10-11-7-8-15(24-11)16(21)14-6-3-9-23-14/h1-9H,10H2,(H2,19,20,22). The third kappa shape index (κ3) is 3.84. The average molecular weight is 361 g/mol. The summed E-state index contributed by atoms with van der Waals surface area (Å²) in [6, 6.07) is 13.4. The molecule has 0 saturated carbocycles. The highest BCUT2D eigenvalue weighted by molar-refractivity contribution is 7.14. The number of halogens is 1. The average Bonchev–Trinajstić information content (AvgIpc) is 3.26. The zero-order valence-electron chi connectivity index (χ0n) is 12.4. The summed E-state index contributed by atoms with van der Waals surface area (Å²) in [7, 11) is 0. The Labute approximate surface area is 147 Å². The number of ketones is 1. The molecule has 24 heavy (non-hydrogen) atoms. The van der Waals surface area contributed by atoms with Gasteiger partial charge in [-0.2, -0.15) is 0 Å². The molecule has 5 nitrogen and oxygen atoms in total. The molecule has 3 rings (SSSR count). The number of carbonyl (C=O) groups is 2. The number of furan rings is 1. The van der Waals surface area contributed by atoms with Crippen molar-refractivity contribution in [3.05, 3.63) is 75.3 Å². The predicted molar refractivity (Wildman–Crippen MR) is 93.8 cm³/mol. The monoisotopic (exact) mass is 360 g/mol. The number of hydrogen-bond donors (Lipinski definition) is 2. The van der Waals surface area contributed by atoms with Crippen LogP contribution in [0.2, 0.25) is 5.02 Å². The van der Waals surface area contributed by atoms with Gasteiger partial charge in [0.1, 0.15) is 0 Å². The van der Waals surface area contributed by atoms with E-state index in [9.17, 15) is 9.59 Å². The molecule has 2 heterocycles. The second-order valence-electron chi connectivity index (χ2n) is 4.86. The van der Waals surface area contributed by atoms with E-state index in [1.54, 1.807) is 48.5 Å². The fourth-order valence-corrected chi connectivity index (χ4v) is 3.10. The molecule has 2 aromatic heterocycles. The van der Waals surface area contributed by atoms with Crippen molar-refractivity contribution in [2.75, 3.05) is 5.32 Å². The van der Waals surface area contributed by atoms with Crippen molar-refractivity contribution in [1.29, 1.82) is 0 Å². The van der Waals surface area contributed by atoms with Crippen LogP contribution in [0, 0.1) is 0 Å². The summed E-state index contributed by atoms with van der Waals surface area (Å²) in [5.41, 5.74) is 0.538. The maximum atomic E-state index is 12.1. The molecule has 3 aromatic rings. The van der Waals surface area contributed by atoms with Crippen LogP contribution in [-0.4, -0.2) is 11.8 Å². The summed E-state index contributed by atoms with van der Waals surface area (Å²) in [5.74, 6) is 0.129. The Morgan fingerprint density at radius 3 is 2.67 bits per heavy atom. The van der Waals surface area contributed by atoms with Crippen molar-refractivity contribution >= 4 is 40.4 Å². The summed E-state index contributed by atoms with van der Waals surface area (Å²) in [4.78, 5) is 25.5. The molecule has 0 bridgehead atoms. The molecule has 0 radical (unpaired) electrons. The van der Waals surface area contributed by atoms with E-state index in [1.165, 1.54) is 17.6 Å². The van der Waals surface area contributed by atoms with Gasteiger partial charge in [0.25, 0.3) is 0 Å². The first-order valence-electron chi connectivity index (χ1n) is 7.10. The maximum absolute atomic E-state index is 12.1. The van der Waals surface area contributed by atoms with Crippen molar-refractivity contribution in [2.45, 2.75) is 6.54 Å². The molecule has 1 aromatic carbocycles. The van der Waals surface area contributed by atoms with Gasteiger partial charge in [-0.1, -0.05) is 23.7 Å². The van der Waals surface area contributed by atoms with E-state index in [4.69, 9.17) is 16.0 Å². The van der Waals surface area contributed by atoms with Crippen LogP contribution >= 0.6 is 22.9 Å². The minimum Gasteiger partial charge on any atom is -0.461 e. The van der Waals surface area contributed by atoms with E-state index in [1.807, 2.05) is 0 Å². The van der Waals surface area contributed by atoms with Crippen LogP contribution in [0.25, 0.3) is 0 Å². The van der Waals surface area contributed by atoms with Crippen molar-refractivity contribution in [3.8, 4) is 0 Å². The number of carbonyl (C=O) groups excluding carboxylic acids is 2. The number of amides is 2. The molecule has 0 saturated heterocycles. The normalized spacial score (nSPS) is 10.4. The molecular weight excluding hydrogens is 348 g/mol. The minimum atomic E-state index is -0.365. The summed E-state index contributed by atoms with van der Waals surface area (Å²) in [6.07, 6.45) is 1.46. The molecule has 0 aliphatic carbocycles. The van der Waals surface area contributed by atoms with Crippen LogP contribution < -0.4 is 10.6 Å². The molecule has 2 amide bonds. The number of rotatable bonds is 5. The highest BCUT2D eigenvalue weighted by Crippen LogP contribution is 2.21. The van der Waals surface area contributed by atoms with E-state index in [0.717, 1.165) is 4.88 Å². The molecule has 2 N–H and O–H groups in total. The smallest absolute Gasteiger partial charge is 0.319 e. The first kappa shape index (κ1) is 16.3. The summed E-state index contributed by atoms with van der Waals surface area (Å²) >= 11 is 7.30. The van der Waals surface area contributed by atoms with Gasteiger partial charge in [-0.15, -0.1) is 11.3 Å². The number of nitrogens with one attached hydrogen (secondary N) is 2. The highest BCUT2D eigenvalue weighted by Gasteiger charge is 2.14. The Morgan fingerprint density at radius 2 is 1.92 bits per heavy atom. The van der Waals surface area contributed by atoms with Crippen molar-refractivity contribution in [1.82, 2.24) is 5.32 Å². The number of para-hydroxylation sites is 1. The third-order valence-corrected chi connectivity index (χ3v) is 4.59. The van der Waals surface area contributed by atoms with Crippen LogP contribution in [0.15, 0.2) is 59.2 Å². The van der Waals surface area contributed by atoms with Gasteiger partial charge in [0.15, 0.2) is 5.76 Å². The number of anilines is 1. The molecule has 0 fully saturated rings. The molecule has 0 atom stereocenters. The van der Waals surface area contributed by atoms with Gasteiger partial charge >= 0.3 is 6.03 Å². The largest absolute Gasteiger partial charge is 0.461 e. The molecule has 0 spiro atoms. The topological polar surface area (TPSA) is 71.3 Å². The molecular formula is C17H13ClN2O3S. The van der Waals surface area contributed by atoms with E-state index >= 15 is 0 Å². The number of hydrogen-bond acceptors (Lipinski definition) is 4. The van der Waals surface area contributed by atoms with Gasteiger partial charge in [-0.25, -0.2) is 4.79 Å². The zero-order valence-corrected chi connectivity index (χ0v) is 14.0. The lowest BCUT2D eigenvalue weighted by Crippen LogP contribution is -2.27. The van der Waals surface area contributed by atoms with Crippen molar-refractivity contribution in [3.63, 3.8) is 0 Å². The van der Waals surface area contributed by atoms with Gasteiger partial charge in [-0.05, 0) is 36.4 Å². The second kappa shape index (κ2) is 7.33. The summed E-state index contributed by atoms with van der Waals surface area (Å²) < 4.78 is 5.10. The Hall–Kier alpha value is -2.57. The Bertz CT molecular complexity index is 858. The third-order valence-electron chi connectivity index (χ3n) is 3.18. The highest BCUT2D eigenvalue weighted by atomic mass is 35.5. The van der Waals surface area contributed by atoms with Crippen LogP contribution in [0.5, 0.6) is 0 Å². The lowest BCUT2D eigenvalue weighted by Gasteiger charge is -2.07. The van der Waals surface area contributed by atoms with E-state index in [0.29, 0.717) is 27.9 Å². The summed E-state index contributed by atoms with van der Waals surface area (Å²) in [5, 5.41) is 5.87. The Kier molecular flexibility index (Phi) is 4.98.